The Balaban J connectivity index is 2.10. The Hall–Kier alpha value is -0.460. The quantitative estimate of drug-likeness (QED) is 0.673. The summed E-state index contributed by atoms with van der Waals surface area (Å²) in [6.07, 6.45) is 3.04. The van der Waals surface area contributed by atoms with Crippen LogP contribution in [0.2, 0.25) is 0 Å². The highest BCUT2D eigenvalue weighted by molar-refractivity contribution is 7.86. The van der Waals surface area contributed by atoms with Gasteiger partial charge < -0.3 is 0 Å². The predicted octanol–water partition coefficient (Wildman–Crippen LogP) is -0.00810. The maximum absolute atomic E-state index is 12.0. The first kappa shape index (κ1) is 11.0. The van der Waals surface area contributed by atoms with Crippen molar-refractivity contribution in [1.29, 1.82) is 0 Å². The van der Waals surface area contributed by atoms with Gasteiger partial charge in [-0.25, -0.2) is 0 Å². The van der Waals surface area contributed by atoms with E-state index in [1.54, 1.807) is 0 Å². The Morgan fingerprint density at radius 2 is 1.53 bits per heavy atom. The van der Waals surface area contributed by atoms with Crippen LogP contribution in [-0.2, 0) is 15.0 Å². The number of carbonyl (C=O) groups excluding carboxylic acids is 1. The second kappa shape index (κ2) is 4.19. The Kier molecular flexibility index (Phi) is 3.08. The SMILES string of the molecule is O=C1CCCN(S(=O)(=O)N2CCCC2)C1. The van der Waals surface area contributed by atoms with Crippen LogP contribution in [0.25, 0.3) is 0 Å². The maximum atomic E-state index is 12.0. The van der Waals surface area contributed by atoms with Crippen molar-refractivity contribution in [2.75, 3.05) is 26.2 Å². The lowest BCUT2D eigenvalue weighted by atomic mass is 10.1. The third-order valence-corrected chi connectivity index (χ3v) is 4.92. The average molecular weight is 232 g/mol. The number of piperidine rings is 1. The fourth-order valence-corrected chi connectivity index (χ4v) is 3.80. The van der Waals surface area contributed by atoms with E-state index in [-0.39, 0.29) is 12.3 Å². The van der Waals surface area contributed by atoms with Crippen LogP contribution in [0.1, 0.15) is 25.7 Å². The minimum absolute atomic E-state index is 0.0315. The molecule has 0 aromatic carbocycles. The summed E-state index contributed by atoms with van der Waals surface area (Å²) in [4.78, 5) is 11.2. The first-order chi connectivity index (χ1) is 7.10. The highest BCUT2D eigenvalue weighted by atomic mass is 32.2. The molecule has 0 unspecified atom stereocenters. The number of rotatable bonds is 2. The van der Waals surface area contributed by atoms with Crippen LogP contribution in [-0.4, -0.2) is 49.0 Å². The summed E-state index contributed by atoms with van der Waals surface area (Å²) in [6.45, 7) is 1.77. The van der Waals surface area contributed by atoms with Crippen LogP contribution >= 0.6 is 0 Å². The van der Waals surface area contributed by atoms with Crippen molar-refractivity contribution >= 4 is 16.0 Å². The van der Waals surface area contributed by atoms with Gasteiger partial charge in [-0.15, -0.1) is 0 Å². The number of hydrogen-bond acceptors (Lipinski definition) is 3. The Labute approximate surface area is 90.2 Å². The summed E-state index contributed by atoms with van der Waals surface area (Å²) in [5.74, 6) is 0.0315. The van der Waals surface area contributed by atoms with Gasteiger partial charge in [0.05, 0.1) is 6.54 Å². The molecule has 0 saturated carbocycles. The lowest BCUT2D eigenvalue weighted by molar-refractivity contribution is -0.120. The Bertz CT molecular complexity index is 346. The average Bonchev–Trinajstić information content (AvgIpc) is 2.71. The zero-order valence-corrected chi connectivity index (χ0v) is 9.50. The number of nitrogens with zero attached hydrogens (tertiary/aromatic N) is 2. The summed E-state index contributed by atoms with van der Waals surface area (Å²) >= 11 is 0. The summed E-state index contributed by atoms with van der Waals surface area (Å²) < 4.78 is 26.9. The molecule has 0 amide bonds. The minimum atomic E-state index is -3.35. The zero-order chi connectivity index (χ0) is 10.9. The summed E-state index contributed by atoms with van der Waals surface area (Å²) in [6, 6.07) is 0. The molecule has 0 bridgehead atoms. The van der Waals surface area contributed by atoms with Crippen molar-refractivity contribution in [1.82, 2.24) is 8.61 Å². The fourth-order valence-electron chi connectivity index (χ4n) is 2.09. The van der Waals surface area contributed by atoms with Crippen molar-refractivity contribution < 1.29 is 13.2 Å². The first-order valence-electron chi connectivity index (χ1n) is 5.37. The molecule has 15 heavy (non-hydrogen) atoms. The van der Waals surface area contributed by atoms with Gasteiger partial charge in [0.25, 0.3) is 10.2 Å². The predicted molar refractivity (Wildman–Crippen MR) is 55.5 cm³/mol. The molecule has 2 rings (SSSR count). The Morgan fingerprint density at radius 3 is 2.13 bits per heavy atom. The van der Waals surface area contributed by atoms with Crippen LogP contribution in [0, 0.1) is 0 Å². The number of carbonyl (C=O) groups is 1. The van der Waals surface area contributed by atoms with Gasteiger partial charge in [-0.1, -0.05) is 0 Å². The summed E-state index contributed by atoms with van der Waals surface area (Å²) in [7, 11) is -3.35. The van der Waals surface area contributed by atoms with Crippen molar-refractivity contribution in [3.63, 3.8) is 0 Å². The smallest absolute Gasteiger partial charge is 0.282 e. The molecular weight excluding hydrogens is 216 g/mol. The summed E-state index contributed by atoms with van der Waals surface area (Å²) in [5.41, 5.74) is 0. The van der Waals surface area contributed by atoms with E-state index in [4.69, 9.17) is 0 Å². The molecule has 0 atom stereocenters. The molecule has 5 nitrogen and oxygen atoms in total. The van der Waals surface area contributed by atoms with Gasteiger partial charge in [-0.3, -0.25) is 4.79 Å². The Morgan fingerprint density at radius 1 is 0.933 bits per heavy atom. The van der Waals surface area contributed by atoms with Crippen molar-refractivity contribution in [3.05, 3.63) is 0 Å². The van der Waals surface area contributed by atoms with Gasteiger partial charge in [0.2, 0.25) is 0 Å². The molecule has 2 fully saturated rings. The van der Waals surface area contributed by atoms with Gasteiger partial charge in [-0.05, 0) is 19.3 Å². The molecule has 0 aromatic rings. The molecule has 0 aromatic heterocycles. The van der Waals surface area contributed by atoms with Gasteiger partial charge in [0.15, 0.2) is 0 Å². The monoisotopic (exact) mass is 232 g/mol. The van der Waals surface area contributed by atoms with E-state index in [1.807, 2.05) is 0 Å². The van der Waals surface area contributed by atoms with E-state index in [0.29, 0.717) is 32.5 Å². The van der Waals surface area contributed by atoms with Crippen LogP contribution in [0.4, 0.5) is 0 Å². The molecule has 0 spiro atoms. The standard InChI is InChI=1S/C9H16N2O3S/c12-9-4-3-7-11(8-9)15(13,14)10-5-1-2-6-10/h1-8H2. The van der Waals surface area contributed by atoms with Gasteiger partial charge in [0.1, 0.15) is 5.78 Å². The van der Waals surface area contributed by atoms with Crippen LogP contribution in [0.5, 0.6) is 0 Å². The van der Waals surface area contributed by atoms with E-state index in [0.717, 1.165) is 12.8 Å². The molecule has 2 aliphatic heterocycles. The van der Waals surface area contributed by atoms with Crippen molar-refractivity contribution in [3.8, 4) is 0 Å². The largest absolute Gasteiger partial charge is 0.298 e. The second-order valence-corrected chi connectivity index (χ2v) is 6.02. The van der Waals surface area contributed by atoms with Gasteiger partial charge in [0, 0.05) is 26.1 Å². The van der Waals surface area contributed by atoms with Gasteiger partial charge in [-0.2, -0.15) is 17.0 Å². The third-order valence-electron chi connectivity index (χ3n) is 2.93. The van der Waals surface area contributed by atoms with Crippen molar-refractivity contribution in [2.45, 2.75) is 25.7 Å². The zero-order valence-electron chi connectivity index (χ0n) is 8.68. The molecule has 0 aliphatic carbocycles. The molecular formula is C9H16N2O3S. The van der Waals surface area contributed by atoms with E-state index in [2.05, 4.69) is 0 Å². The molecule has 2 aliphatic rings. The van der Waals surface area contributed by atoms with E-state index >= 15 is 0 Å². The van der Waals surface area contributed by atoms with Crippen LogP contribution < -0.4 is 0 Å². The topological polar surface area (TPSA) is 57.7 Å². The highest BCUT2D eigenvalue weighted by Crippen LogP contribution is 2.19. The molecule has 6 heteroatoms. The van der Waals surface area contributed by atoms with Crippen molar-refractivity contribution in [2.24, 2.45) is 0 Å². The van der Waals surface area contributed by atoms with Gasteiger partial charge >= 0.3 is 0 Å². The molecule has 2 heterocycles. The van der Waals surface area contributed by atoms with E-state index in [9.17, 15) is 13.2 Å². The minimum Gasteiger partial charge on any atom is -0.298 e. The molecule has 2 saturated heterocycles. The molecule has 0 radical (unpaired) electrons. The fraction of sp³-hybridized carbons (Fsp3) is 0.889. The normalized spacial score (nSPS) is 26.0. The number of ketones is 1. The summed E-state index contributed by atoms with van der Waals surface area (Å²) in [5, 5.41) is 0. The number of hydrogen-bond donors (Lipinski definition) is 0. The third kappa shape index (κ3) is 2.21. The lowest BCUT2D eigenvalue weighted by Crippen LogP contribution is -2.47. The first-order valence-corrected chi connectivity index (χ1v) is 6.77. The number of Topliss-reactive ketones (excluding diaryl/α,β-unsaturated/α-hetero) is 1. The van der Waals surface area contributed by atoms with E-state index in [1.165, 1.54) is 8.61 Å². The van der Waals surface area contributed by atoms with Crippen LogP contribution in [0.15, 0.2) is 0 Å². The van der Waals surface area contributed by atoms with E-state index < -0.39 is 10.2 Å². The highest BCUT2D eigenvalue weighted by Gasteiger charge is 2.34. The maximum Gasteiger partial charge on any atom is 0.282 e. The lowest BCUT2D eigenvalue weighted by Gasteiger charge is -2.29. The van der Waals surface area contributed by atoms with Crippen LogP contribution in [0.3, 0.4) is 0 Å². The molecule has 0 N–H and O–H groups in total. The second-order valence-electron chi connectivity index (χ2n) is 4.09. The molecule has 86 valence electrons.